The smallest absolute Gasteiger partial charge is 0.335 e. The highest BCUT2D eigenvalue weighted by Crippen LogP contribution is 2.27. The molecule has 0 aliphatic rings. The number of halogens is 3. The first-order chi connectivity index (χ1) is 9.49. The van der Waals surface area contributed by atoms with Crippen molar-refractivity contribution in [3.8, 4) is 5.75 Å². The number of carboxylic acid groups (broad SMARTS) is 1. The first-order valence-electron chi connectivity index (χ1n) is 5.57. The third-order valence-corrected chi connectivity index (χ3v) is 3.25. The number of hydrogen-bond donors (Lipinski definition) is 1. The van der Waals surface area contributed by atoms with E-state index in [0.29, 0.717) is 4.47 Å². The molecule has 0 bridgehead atoms. The maximum Gasteiger partial charge on any atom is 0.335 e. The summed E-state index contributed by atoms with van der Waals surface area (Å²) in [6.07, 6.45) is 0. The van der Waals surface area contributed by atoms with Gasteiger partial charge in [0.15, 0.2) is 11.6 Å². The van der Waals surface area contributed by atoms with Gasteiger partial charge in [0.2, 0.25) is 0 Å². The molecule has 0 unspecified atom stereocenters. The Labute approximate surface area is 121 Å². The average Bonchev–Trinajstić information content (AvgIpc) is 2.41. The zero-order valence-electron chi connectivity index (χ0n) is 10.1. The van der Waals surface area contributed by atoms with Crippen molar-refractivity contribution < 1.29 is 23.4 Å². The van der Waals surface area contributed by atoms with E-state index in [-0.39, 0.29) is 23.5 Å². The van der Waals surface area contributed by atoms with Crippen LogP contribution in [0.2, 0.25) is 0 Å². The minimum absolute atomic E-state index is 0.0444. The van der Waals surface area contributed by atoms with Gasteiger partial charge in [-0.15, -0.1) is 0 Å². The summed E-state index contributed by atoms with van der Waals surface area (Å²) in [4.78, 5) is 10.9. The Bertz CT molecular complexity index is 659. The van der Waals surface area contributed by atoms with Gasteiger partial charge in [0.05, 0.1) is 10.0 Å². The van der Waals surface area contributed by atoms with Gasteiger partial charge in [-0.25, -0.2) is 13.6 Å². The molecule has 20 heavy (non-hydrogen) atoms. The molecule has 0 atom stereocenters. The van der Waals surface area contributed by atoms with Gasteiger partial charge < -0.3 is 9.84 Å². The number of hydrogen-bond acceptors (Lipinski definition) is 2. The van der Waals surface area contributed by atoms with Crippen LogP contribution in [-0.4, -0.2) is 11.1 Å². The monoisotopic (exact) mass is 342 g/mol. The number of benzene rings is 2. The van der Waals surface area contributed by atoms with Gasteiger partial charge in [-0.05, 0) is 40.2 Å². The normalized spacial score (nSPS) is 10.3. The second kappa shape index (κ2) is 6.00. The lowest BCUT2D eigenvalue weighted by molar-refractivity contribution is 0.0696. The molecule has 0 saturated heterocycles. The molecule has 6 heteroatoms. The van der Waals surface area contributed by atoms with Crippen LogP contribution in [0.3, 0.4) is 0 Å². The fourth-order valence-corrected chi connectivity index (χ4v) is 1.92. The second-order valence-electron chi connectivity index (χ2n) is 3.95. The molecule has 2 aromatic rings. The van der Waals surface area contributed by atoms with Crippen LogP contribution in [0.25, 0.3) is 0 Å². The molecular formula is C14H9BrF2O3. The van der Waals surface area contributed by atoms with Crippen LogP contribution in [0.1, 0.15) is 15.9 Å². The lowest BCUT2D eigenvalue weighted by Gasteiger charge is -2.10. The molecule has 3 nitrogen and oxygen atoms in total. The van der Waals surface area contributed by atoms with Crippen LogP contribution in [0.4, 0.5) is 8.78 Å². The molecule has 0 saturated carbocycles. The maximum atomic E-state index is 13.5. The molecule has 2 aromatic carbocycles. The summed E-state index contributed by atoms with van der Waals surface area (Å²) in [5.74, 6) is -2.78. The Morgan fingerprint density at radius 3 is 2.70 bits per heavy atom. The van der Waals surface area contributed by atoms with Crippen molar-refractivity contribution in [2.45, 2.75) is 6.61 Å². The second-order valence-corrected chi connectivity index (χ2v) is 4.81. The van der Waals surface area contributed by atoms with Gasteiger partial charge >= 0.3 is 5.97 Å². The molecule has 104 valence electrons. The topological polar surface area (TPSA) is 46.5 Å². The van der Waals surface area contributed by atoms with Crippen LogP contribution < -0.4 is 4.74 Å². The predicted octanol–water partition coefficient (Wildman–Crippen LogP) is 4.00. The fraction of sp³-hybridized carbons (Fsp3) is 0.0714. The molecule has 0 aliphatic heterocycles. The molecule has 0 aliphatic carbocycles. The summed E-state index contributed by atoms with van der Waals surface area (Å²) < 4.78 is 32.3. The van der Waals surface area contributed by atoms with E-state index >= 15 is 0 Å². The van der Waals surface area contributed by atoms with E-state index in [4.69, 9.17) is 9.84 Å². The Kier molecular flexibility index (Phi) is 4.34. The molecule has 0 spiro atoms. The van der Waals surface area contributed by atoms with Crippen molar-refractivity contribution in [2.75, 3.05) is 0 Å². The average molecular weight is 343 g/mol. The van der Waals surface area contributed by atoms with Crippen molar-refractivity contribution in [1.82, 2.24) is 0 Å². The summed E-state index contributed by atoms with van der Waals surface area (Å²) in [6, 6.07) is 8.01. The van der Waals surface area contributed by atoms with Crippen molar-refractivity contribution >= 4 is 21.9 Å². The minimum Gasteiger partial charge on any atom is -0.488 e. The van der Waals surface area contributed by atoms with Crippen LogP contribution in [-0.2, 0) is 6.61 Å². The Hall–Kier alpha value is -1.95. The van der Waals surface area contributed by atoms with Crippen molar-refractivity contribution in [1.29, 1.82) is 0 Å². The van der Waals surface area contributed by atoms with E-state index in [2.05, 4.69) is 15.9 Å². The van der Waals surface area contributed by atoms with Crippen molar-refractivity contribution in [3.63, 3.8) is 0 Å². The minimum atomic E-state index is -1.10. The van der Waals surface area contributed by atoms with Crippen LogP contribution >= 0.6 is 15.9 Å². The fourth-order valence-electron chi connectivity index (χ4n) is 1.56. The van der Waals surface area contributed by atoms with Crippen molar-refractivity contribution in [2.24, 2.45) is 0 Å². The molecule has 1 N–H and O–H groups in total. The Balaban J connectivity index is 2.20. The predicted molar refractivity (Wildman–Crippen MR) is 71.8 cm³/mol. The zero-order chi connectivity index (χ0) is 14.7. The van der Waals surface area contributed by atoms with Gasteiger partial charge in [0, 0.05) is 5.56 Å². The first-order valence-corrected chi connectivity index (χ1v) is 6.37. The standard InChI is InChI=1S/C14H9BrF2O3/c15-10-5-4-8(14(18)19)6-12(10)20-7-9-2-1-3-11(16)13(9)17/h1-6H,7H2,(H,18,19). The lowest BCUT2D eigenvalue weighted by Crippen LogP contribution is -2.02. The third-order valence-electron chi connectivity index (χ3n) is 2.59. The zero-order valence-corrected chi connectivity index (χ0v) is 11.7. The lowest BCUT2D eigenvalue weighted by atomic mass is 10.2. The summed E-state index contributed by atoms with van der Waals surface area (Å²) >= 11 is 3.20. The van der Waals surface area contributed by atoms with E-state index in [1.807, 2.05) is 0 Å². The quantitative estimate of drug-likeness (QED) is 0.913. The van der Waals surface area contributed by atoms with E-state index in [0.717, 1.165) is 6.07 Å². The summed E-state index contributed by atoms with van der Waals surface area (Å²) in [5, 5.41) is 8.89. The molecule has 0 aromatic heterocycles. The summed E-state index contributed by atoms with van der Waals surface area (Å²) in [7, 11) is 0. The highest BCUT2D eigenvalue weighted by atomic mass is 79.9. The van der Waals surface area contributed by atoms with Gasteiger partial charge in [0.25, 0.3) is 0 Å². The van der Waals surface area contributed by atoms with Crippen LogP contribution in [0.15, 0.2) is 40.9 Å². The highest BCUT2D eigenvalue weighted by molar-refractivity contribution is 9.10. The molecule has 0 heterocycles. The van der Waals surface area contributed by atoms with Crippen molar-refractivity contribution in [3.05, 3.63) is 63.6 Å². The van der Waals surface area contributed by atoms with Gasteiger partial charge in [-0.3, -0.25) is 0 Å². The molecule has 2 rings (SSSR count). The van der Waals surface area contributed by atoms with Gasteiger partial charge in [-0.2, -0.15) is 0 Å². The third kappa shape index (κ3) is 3.14. The number of rotatable bonds is 4. The SMILES string of the molecule is O=C(O)c1ccc(Br)c(OCc2cccc(F)c2F)c1. The summed E-state index contributed by atoms with van der Waals surface area (Å²) in [6.45, 7) is -0.203. The molecule has 0 fully saturated rings. The van der Waals surface area contributed by atoms with Gasteiger partial charge in [-0.1, -0.05) is 12.1 Å². The largest absolute Gasteiger partial charge is 0.488 e. The number of ether oxygens (including phenoxy) is 1. The number of carbonyl (C=O) groups is 1. The maximum absolute atomic E-state index is 13.5. The van der Waals surface area contributed by atoms with E-state index in [1.165, 1.54) is 30.3 Å². The van der Waals surface area contributed by atoms with Gasteiger partial charge in [0.1, 0.15) is 12.4 Å². The molecule has 0 radical (unpaired) electrons. The first kappa shape index (κ1) is 14.5. The van der Waals surface area contributed by atoms with E-state index in [1.54, 1.807) is 0 Å². The van der Waals surface area contributed by atoms with Crippen LogP contribution in [0.5, 0.6) is 5.75 Å². The summed E-state index contributed by atoms with van der Waals surface area (Å²) in [5.41, 5.74) is 0.0977. The Morgan fingerprint density at radius 2 is 2.00 bits per heavy atom. The highest BCUT2D eigenvalue weighted by Gasteiger charge is 2.11. The Morgan fingerprint density at radius 1 is 1.25 bits per heavy atom. The molecule has 0 amide bonds. The van der Waals surface area contributed by atoms with E-state index in [9.17, 15) is 13.6 Å². The van der Waals surface area contributed by atoms with E-state index < -0.39 is 17.6 Å². The number of aromatic carboxylic acids is 1. The number of carboxylic acids is 1. The molecular weight excluding hydrogens is 334 g/mol. The van der Waals surface area contributed by atoms with Crippen LogP contribution in [0, 0.1) is 11.6 Å².